The fraction of sp³-hybridized carbons (Fsp3) is 0.357. The number of aromatic nitrogens is 4. The predicted octanol–water partition coefficient (Wildman–Crippen LogP) is 5.08. The van der Waals surface area contributed by atoms with Crippen molar-refractivity contribution in [2.75, 3.05) is 29.9 Å². The average Bonchev–Trinajstić information content (AvgIpc) is 3.31. The lowest BCUT2D eigenvalue weighted by molar-refractivity contribution is 0.315. The molecule has 8 nitrogen and oxygen atoms in total. The summed E-state index contributed by atoms with van der Waals surface area (Å²) in [6.07, 6.45) is 5.18. The first-order chi connectivity index (χ1) is 17.9. The maximum atomic E-state index is 14.3. The van der Waals surface area contributed by atoms with Gasteiger partial charge in [0.1, 0.15) is 17.6 Å². The molecule has 0 unspecified atom stereocenters. The van der Waals surface area contributed by atoms with Crippen LogP contribution in [0, 0.1) is 35.9 Å². The van der Waals surface area contributed by atoms with Crippen LogP contribution in [0.1, 0.15) is 32.0 Å². The highest BCUT2D eigenvalue weighted by Crippen LogP contribution is 2.33. The van der Waals surface area contributed by atoms with Crippen molar-refractivity contribution in [1.29, 1.82) is 5.26 Å². The Morgan fingerprint density at radius 3 is 2.62 bits per heavy atom. The summed E-state index contributed by atoms with van der Waals surface area (Å²) in [6.45, 7) is 10.2. The Balaban J connectivity index is 1.38. The van der Waals surface area contributed by atoms with Crippen molar-refractivity contribution in [1.82, 2.24) is 19.6 Å². The number of ether oxygens (including phenoxy) is 1. The molecule has 1 aliphatic heterocycles. The van der Waals surface area contributed by atoms with Crippen molar-refractivity contribution in [3.63, 3.8) is 0 Å². The molecule has 0 amide bonds. The minimum Gasteiger partial charge on any atom is -0.492 e. The number of nitrogens with zero attached hydrogens (tertiary/aromatic N) is 6. The SMILES string of the molecule is CCOc1cc(-c2ccc(N3C[C@@H](C)[C@H](Nc4nc(C)ccc4F)[C@@H](C)C3)nc2)c2c(C#N)cnn2c1. The fourth-order valence-corrected chi connectivity index (χ4v) is 5.21. The zero-order valence-corrected chi connectivity index (χ0v) is 21.4. The topological polar surface area (TPSA) is 91.4 Å². The fourth-order valence-electron chi connectivity index (χ4n) is 5.21. The Labute approximate surface area is 215 Å². The highest BCUT2D eigenvalue weighted by molar-refractivity contribution is 5.85. The lowest BCUT2D eigenvalue weighted by atomic mass is 9.85. The number of anilines is 2. The maximum absolute atomic E-state index is 14.3. The number of piperidine rings is 1. The molecule has 9 heteroatoms. The second-order valence-corrected chi connectivity index (χ2v) is 9.70. The molecule has 1 aliphatic rings. The lowest BCUT2D eigenvalue weighted by Gasteiger charge is -2.42. The molecular formula is C28H30FN7O. The Morgan fingerprint density at radius 2 is 1.95 bits per heavy atom. The number of aryl methyl sites for hydroxylation is 1. The van der Waals surface area contributed by atoms with Gasteiger partial charge in [0.25, 0.3) is 0 Å². The largest absolute Gasteiger partial charge is 0.492 e. The summed E-state index contributed by atoms with van der Waals surface area (Å²) in [5.41, 5.74) is 3.74. The van der Waals surface area contributed by atoms with Gasteiger partial charge in [0.05, 0.1) is 30.1 Å². The molecule has 1 saturated heterocycles. The molecule has 5 heterocycles. The Bertz CT molecular complexity index is 1450. The van der Waals surface area contributed by atoms with Gasteiger partial charge in [-0.2, -0.15) is 10.4 Å². The second kappa shape index (κ2) is 10.1. The third-order valence-corrected chi connectivity index (χ3v) is 6.93. The van der Waals surface area contributed by atoms with Gasteiger partial charge in [-0.15, -0.1) is 0 Å². The Kier molecular flexibility index (Phi) is 6.66. The molecule has 1 N–H and O–H groups in total. The van der Waals surface area contributed by atoms with Crippen LogP contribution < -0.4 is 15.0 Å². The average molecular weight is 500 g/mol. The van der Waals surface area contributed by atoms with Crippen LogP contribution in [0.4, 0.5) is 16.0 Å². The van der Waals surface area contributed by atoms with Crippen molar-refractivity contribution in [3.8, 4) is 22.9 Å². The van der Waals surface area contributed by atoms with Crippen LogP contribution >= 0.6 is 0 Å². The van der Waals surface area contributed by atoms with Gasteiger partial charge in [-0.3, -0.25) is 0 Å². The van der Waals surface area contributed by atoms with E-state index in [4.69, 9.17) is 9.72 Å². The van der Waals surface area contributed by atoms with E-state index in [2.05, 4.69) is 40.2 Å². The third kappa shape index (κ3) is 4.79. The zero-order chi connectivity index (χ0) is 26.1. The van der Waals surface area contributed by atoms with E-state index >= 15 is 0 Å². The quantitative estimate of drug-likeness (QED) is 0.395. The molecule has 5 rings (SSSR count). The summed E-state index contributed by atoms with van der Waals surface area (Å²) >= 11 is 0. The summed E-state index contributed by atoms with van der Waals surface area (Å²) in [5, 5.41) is 17.3. The monoisotopic (exact) mass is 499 g/mol. The van der Waals surface area contributed by atoms with Crippen LogP contribution in [0.3, 0.4) is 0 Å². The smallest absolute Gasteiger partial charge is 0.165 e. The van der Waals surface area contributed by atoms with E-state index in [-0.39, 0.29) is 23.7 Å². The van der Waals surface area contributed by atoms with Crippen molar-refractivity contribution in [2.24, 2.45) is 11.8 Å². The molecule has 3 atom stereocenters. The van der Waals surface area contributed by atoms with Gasteiger partial charge in [-0.05, 0) is 56.0 Å². The first-order valence-corrected chi connectivity index (χ1v) is 12.5. The van der Waals surface area contributed by atoms with Gasteiger partial charge < -0.3 is 15.0 Å². The van der Waals surface area contributed by atoms with Gasteiger partial charge in [0, 0.05) is 42.1 Å². The highest BCUT2D eigenvalue weighted by Gasteiger charge is 2.33. The molecule has 37 heavy (non-hydrogen) atoms. The number of nitriles is 1. The van der Waals surface area contributed by atoms with E-state index in [1.165, 1.54) is 6.07 Å². The molecule has 190 valence electrons. The third-order valence-electron chi connectivity index (χ3n) is 6.93. The van der Waals surface area contributed by atoms with Crippen molar-refractivity contribution in [2.45, 2.75) is 33.7 Å². The number of rotatable bonds is 6. The van der Waals surface area contributed by atoms with Crippen LogP contribution in [-0.2, 0) is 0 Å². The molecule has 0 radical (unpaired) electrons. The zero-order valence-electron chi connectivity index (χ0n) is 21.4. The number of halogens is 1. The van der Waals surface area contributed by atoms with Crippen LogP contribution in [0.5, 0.6) is 5.75 Å². The van der Waals surface area contributed by atoms with Crippen molar-refractivity contribution in [3.05, 3.63) is 66.0 Å². The Morgan fingerprint density at radius 1 is 1.16 bits per heavy atom. The predicted molar refractivity (Wildman–Crippen MR) is 141 cm³/mol. The highest BCUT2D eigenvalue weighted by atomic mass is 19.1. The summed E-state index contributed by atoms with van der Waals surface area (Å²) in [5.74, 6) is 2.05. The first-order valence-electron chi connectivity index (χ1n) is 12.5. The van der Waals surface area contributed by atoms with E-state index in [0.29, 0.717) is 23.7 Å². The molecule has 4 aromatic heterocycles. The van der Waals surface area contributed by atoms with E-state index in [9.17, 15) is 9.65 Å². The number of hydrogen-bond acceptors (Lipinski definition) is 7. The van der Waals surface area contributed by atoms with Gasteiger partial charge in [-0.1, -0.05) is 13.8 Å². The number of nitrogens with one attached hydrogen (secondary N) is 1. The second-order valence-electron chi connectivity index (χ2n) is 9.70. The molecule has 0 bridgehead atoms. The summed E-state index contributed by atoms with van der Waals surface area (Å²) in [7, 11) is 0. The lowest BCUT2D eigenvalue weighted by Crippen LogP contribution is -2.51. The standard InChI is InChI=1S/C28H30FN7O/c1-5-37-22-10-23(27-21(11-30)13-32-36(27)16-22)20-7-9-25(31-12-20)35-14-17(2)26(18(3)15-35)34-28-24(29)8-6-19(4)33-28/h6-10,12-13,16-18,26H,5,14-15H2,1-4H3,(H,33,34)/t17-,18+,26+. The maximum Gasteiger partial charge on any atom is 0.165 e. The van der Waals surface area contributed by atoms with Gasteiger partial charge in [0.15, 0.2) is 11.6 Å². The van der Waals surface area contributed by atoms with E-state index in [1.807, 2.05) is 38.2 Å². The van der Waals surface area contributed by atoms with E-state index in [0.717, 1.165) is 41.2 Å². The normalized spacial score (nSPS) is 19.6. The number of pyridine rings is 3. The van der Waals surface area contributed by atoms with Crippen molar-refractivity contribution < 1.29 is 9.13 Å². The van der Waals surface area contributed by atoms with Gasteiger partial charge in [0.2, 0.25) is 0 Å². The van der Waals surface area contributed by atoms with Crippen LogP contribution in [0.25, 0.3) is 16.6 Å². The van der Waals surface area contributed by atoms with Gasteiger partial charge in [-0.25, -0.2) is 18.9 Å². The molecule has 4 aromatic rings. The van der Waals surface area contributed by atoms with Crippen LogP contribution in [0.2, 0.25) is 0 Å². The summed E-state index contributed by atoms with van der Waals surface area (Å²) < 4.78 is 21.7. The minimum absolute atomic E-state index is 0.0974. The number of fused-ring (bicyclic) bond motifs is 1. The van der Waals surface area contributed by atoms with Crippen LogP contribution in [-0.4, -0.2) is 45.3 Å². The van der Waals surface area contributed by atoms with E-state index in [1.54, 1.807) is 23.0 Å². The number of hydrogen-bond donors (Lipinski definition) is 1. The minimum atomic E-state index is -0.329. The van der Waals surface area contributed by atoms with Crippen molar-refractivity contribution >= 4 is 17.2 Å². The van der Waals surface area contributed by atoms with Gasteiger partial charge >= 0.3 is 0 Å². The van der Waals surface area contributed by atoms with E-state index < -0.39 is 0 Å². The molecular weight excluding hydrogens is 469 g/mol. The molecule has 0 aromatic carbocycles. The van der Waals surface area contributed by atoms with Crippen LogP contribution in [0.15, 0.2) is 48.9 Å². The molecule has 0 aliphatic carbocycles. The Hall–Kier alpha value is -4.19. The summed E-state index contributed by atoms with van der Waals surface area (Å²) in [6, 6.07) is 11.4. The molecule has 0 spiro atoms. The summed E-state index contributed by atoms with van der Waals surface area (Å²) in [4.78, 5) is 11.4. The first kappa shape index (κ1) is 24.5. The molecule has 1 fully saturated rings. The molecule has 0 saturated carbocycles.